The van der Waals surface area contributed by atoms with Gasteiger partial charge >= 0.3 is 0 Å². The van der Waals surface area contributed by atoms with E-state index in [2.05, 4.69) is 10.6 Å². The molecule has 2 aliphatic heterocycles. The monoisotopic (exact) mass is 384 g/mol. The third-order valence-corrected chi connectivity index (χ3v) is 5.16. The molecular weight excluding hydrogens is 359 g/mol. The summed E-state index contributed by atoms with van der Waals surface area (Å²) in [6, 6.07) is 10.8. The highest BCUT2D eigenvalue weighted by atomic mass is 19.1. The Hall–Kier alpha value is -2.44. The van der Waals surface area contributed by atoms with Crippen molar-refractivity contribution in [3.63, 3.8) is 0 Å². The van der Waals surface area contributed by atoms with Crippen LogP contribution in [0.15, 0.2) is 36.4 Å². The van der Waals surface area contributed by atoms with Crippen molar-refractivity contribution in [3.8, 4) is 16.9 Å². The smallest absolute Gasteiger partial charge is 0.250 e. The van der Waals surface area contributed by atoms with Gasteiger partial charge < -0.3 is 20.1 Å². The number of amides is 1. The average Bonchev–Trinajstić information content (AvgIpc) is 2.97. The van der Waals surface area contributed by atoms with Crippen molar-refractivity contribution in [2.24, 2.45) is 0 Å². The van der Waals surface area contributed by atoms with E-state index >= 15 is 0 Å². The van der Waals surface area contributed by atoms with E-state index in [9.17, 15) is 9.18 Å². The number of benzene rings is 2. The molecule has 28 heavy (non-hydrogen) atoms. The van der Waals surface area contributed by atoms with Crippen molar-refractivity contribution < 1.29 is 18.7 Å². The molecule has 148 valence electrons. The maximum atomic E-state index is 13.4. The van der Waals surface area contributed by atoms with E-state index in [1.165, 1.54) is 12.1 Å². The Morgan fingerprint density at radius 1 is 1.29 bits per heavy atom. The van der Waals surface area contributed by atoms with Gasteiger partial charge in [0, 0.05) is 30.3 Å². The lowest BCUT2D eigenvalue weighted by Crippen LogP contribution is -2.45. The fraction of sp³-hybridized carbons (Fsp3) is 0.409. The Labute approximate surface area is 164 Å². The highest BCUT2D eigenvalue weighted by Gasteiger charge is 2.23. The Kier molecular flexibility index (Phi) is 5.59. The summed E-state index contributed by atoms with van der Waals surface area (Å²) in [5.41, 5.74) is 3.92. The van der Waals surface area contributed by atoms with Gasteiger partial charge in [0.15, 0.2) is 0 Å². The largest absolute Gasteiger partial charge is 0.488 e. The summed E-state index contributed by atoms with van der Waals surface area (Å²) in [7, 11) is 0. The molecule has 2 aromatic carbocycles. The van der Waals surface area contributed by atoms with Crippen LogP contribution < -0.4 is 15.4 Å². The van der Waals surface area contributed by atoms with Crippen molar-refractivity contribution >= 4 is 5.91 Å². The zero-order chi connectivity index (χ0) is 19.5. The molecule has 2 N–H and O–H groups in total. The molecule has 0 bridgehead atoms. The molecule has 1 amide bonds. The first-order valence-electron chi connectivity index (χ1n) is 9.77. The van der Waals surface area contributed by atoms with Gasteiger partial charge in [-0.3, -0.25) is 4.79 Å². The molecule has 6 heteroatoms. The van der Waals surface area contributed by atoms with Crippen LogP contribution in [0.5, 0.6) is 5.75 Å². The van der Waals surface area contributed by atoms with Gasteiger partial charge in [0.2, 0.25) is 0 Å². The molecule has 2 atom stereocenters. The number of hydrogen-bond donors (Lipinski definition) is 2. The molecular formula is C22H25FN2O3. The van der Waals surface area contributed by atoms with Crippen molar-refractivity contribution in [1.29, 1.82) is 0 Å². The van der Waals surface area contributed by atoms with Crippen LogP contribution in [0, 0.1) is 5.82 Å². The Morgan fingerprint density at radius 2 is 2.14 bits per heavy atom. The minimum absolute atomic E-state index is 0.0256. The van der Waals surface area contributed by atoms with Gasteiger partial charge in [0.05, 0.1) is 0 Å². The molecule has 1 fully saturated rings. The summed E-state index contributed by atoms with van der Waals surface area (Å²) in [6.45, 7) is 4.38. The molecule has 5 nitrogen and oxygen atoms in total. The fourth-order valence-corrected chi connectivity index (χ4v) is 3.76. The van der Waals surface area contributed by atoms with Gasteiger partial charge in [-0.1, -0.05) is 18.2 Å². The number of rotatable bonds is 4. The predicted molar refractivity (Wildman–Crippen MR) is 105 cm³/mol. The van der Waals surface area contributed by atoms with E-state index in [0.29, 0.717) is 26.2 Å². The lowest BCUT2D eigenvalue weighted by Gasteiger charge is -2.23. The maximum absolute atomic E-state index is 13.4. The van der Waals surface area contributed by atoms with Crippen LogP contribution in [0.2, 0.25) is 0 Å². The first kappa shape index (κ1) is 18.9. The van der Waals surface area contributed by atoms with Crippen LogP contribution in [-0.4, -0.2) is 37.7 Å². The van der Waals surface area contributed by atoms with Gasteiger partial charge in [0.25, 0.3) is 5.91 Å². The number of fused-ring (bicyclic) bond motifs is 3. The average molecular weight is 384 g/mol. The van der Waals surface area contributed by atoms with Crippen LogP contribution in [0.25, 0.3) is 11.1 Å². The van der Waals surface area contributed by atoms with Crippen LogP contribution in [0.4, 0.5) is 4.39 Å². The lowest BCUT2D eigenvalue weighted by molar-refractivity contribution is -0.132. The zero-order valence-electron chi connectivity index (χ0n) is 16.0. The second-order valence-electron chi connectivity index (χ2n) is 7.45. The third-order valence-electron chi connectivity index (χ3n) is 5.16. The second-order valence-corrected chi connectivity index (χ2v) is 7.45. The summed E-state index contributed by atoms with van der Waals surface area (Å²) in [4.78, 5) is 12.4. The SMILES string of the molecule is C[C@H](Cc1ccc2c(c1)OCc1cc(F)ccc1-2)NC(=O)[C@@H]1CNCCCO1. The molecule has 1 saturated heterocycles. The van der Waals surface area contributed by atoms with E-state index in [1.54, 1.807) is 6.07 Å². The normalized spacial score (nSPS) is 19.6. The quantitative estimate of drug-likeness (QED) is 0.851. The molecule has 0 radical (unpaired) electrons. The molecule has 2 heterocycles. The zero-order valence-corrected chi connectivity index (χ0v) is 16.0. The third kappa shape index (κ3) is 4.18. The first-order valence-corrected chi connectivity index (χ1v) is 9.77. The Bertz CT molecular complexity index is 863. The standard InChI is InChI=1S/C22H25FN2O3/c1-14(25-22(26)21-12-24-7-2-8-27-21)9-15-3-5-19-18-6-4-17(23)11-16(18)13-28-20(19)10-15/h3-6,10-11,14,21,24H,2,7-9,12-13H2,1H3,(H,25,26)/t14-,21+/m1/s1. The lowest BCUT2D eigenvalue weighted by atomic mass is 9.94. The van der Waals surface area contributed by atoms with E-state index in [4.69, 9.17) is 9.47 Å². The van der Waals surface area contributed by atoms with Crippen molar-refractivity contribution in [3.05, 3.63) is 53.3 Å². The van der Waals surface area contributed by atoms with Crippen LogP contribution in [-0.2, 0) is 22.6 Å². The molecule has 0 aromatic heterocycles. The highest BCUT2D eigenvalue weighted by molar-refractivity contribution is 5.81. The minimum atomic E-state index is -0.436. The highest BCUT2D eigenvalue weighted by Crippen LogP contribution is 2.38. The van der Waals surface area contributed by atoms with Crippen LogP contribution in [0.3, 0.4) is 0 Å². The van der Waals surface area contributed by atoms with E-state index in [1.807, 2.05) is 25.1 Å². The molecule has 0 unspecified atom stereocenters. The van der Waals surface area contributed by atoms with Gasteiger partial charge in [-0.2, -0.15) is 0 Å². The molecule has 0 aliphatic carbocycles. The number of carbonyl (C=O) groups is 1. The molecule has 4 rings (SSSR count). The number of ether oxygens (including phenoxy) is 2. The Morgan fingerprint density at radius 3 is 3.04 bits per heavy atom. The van der Waals surface area contributed by atoms with Gasteiger partial charge in [-0.15, -0.1) is 0 Å². The van der Waals surface area contributed by atoms with Crippen molar-refractivity contribution in [1.82, 2.24) is 10.6 Å². The minimum Gasteiger partial charge on any atom is -0.488 e. The van der Waals surface area contributed by atoms with Gasteiger partial charge in [0.1, 0.15) is 24.3 Å². The Balaban J connectivity index is 1.42. The van der Waals surface area contributed by atoms with Crippen LogP contribution in [0.1, 0.15) is 24.5 Å². The number of hydrogen-bond acceptors (Lipinski definition) is 4. The summed E-state index contributed by atoms with van der Waals surface area (Å²) < 4.78 is 24.9. The number of halogens is 1. The molecule has 0 saturated carbocycles. The van der Waals surface area contributed by atoms with Crippen molar-refractivity contribution in [2.75, 3.05) is 19.7 Å². The van der Waals surface area contributed by atoms with Gasteiger partial charge in [-0.25, -0.2) is 4.39 Å². The summed E-state index contributed by atoms with van der Waals surface area (Å²) in [5.74, 6) is 0.471. The molecule has 2 aromatic rings. The summed E-state index contributed by atoms with van der Waals surface area (Å²) in [5, 5.41) is 6.26. The fourth-order valence-electron chi connectivity index (χ4n) is 3.76. The summed E-state index contributed by atoms with van der Waals surface area (Å²) in [6.07, 6.45) is 1.18. The molecule has 2 aliphatic rings. The number of nitrogens with one attached hydrogen (secondary N) is 2. The van der Waals surface area contributed by atoms with E-state index in [0.717, 1.165) is 41.0 Å². The number of carbonyl (C=O) groups excluding carboxylic acids is 1. The second kappa shape index (κ2) is 8.29. The van der Waals surface area contributed by atoms with E-state index < -0.39 is 6.10 Å². The van der Waals surface area contributed by atoms with Gasteiger partial charge in [-0.05, 0) is 55.6 Å². The molecule has 0 spiro atoms. The van der Waals surface area contributed by atoms with Crippen LogP contribution >= 0.6 is 0 Å². The summed E-state index contributed by atoms with van der Waals surface area (Å²) >= 11 is 0. The topological polar surface area (TPSA) is 59.6 Å². The van der Waals surface area contributed by atoms with E-state index in [-0.39, 0.29) is 17.8 Å². The van der Waals surface area contributed by atoms with Crippen molar-refractivity contribution in [2.45, 2.75) is 38.5 Å². The predicted octanol–water partition coefficient (Wildman–Crippen LogP) is 2.81. The maximum Gasteiger partial charge on any atom is 0.250 e. The first-order chi connectivity index (χ1) is 13.6.